The molecule has 282 valence electrons. The number of pyridine rings is 1. The molecule has 0 aliphatic rings. The Hall–Kier alpha value is -8.29. The minimum atomic E-state index is 0.595. The summed E-state index contributed by atoms with van der Waals surface area (Å²) in [5.74, 6) is 3.68. The molecule has 0 saturated carbocycles. The van der Waals surface area contributed by atoms with Gasteiger partial charge in [0.15, 0.2) is 34.9 Å². The van der Waals surface area contributed by atoms with E-state index in [2.05, 4.69) is 71.7 Å². The minimum absolute atomic E-state index is 0.595. The lowest BCUT2D eigenvalue weighted by atomic mass is 9.91. The third-order valence-corrected chi connectivity index (χ3v) is 10.3. The van der Waals surface area contributed by atoms with Crippen LogP contribution in [0.2, 0.25) is 0 Å². The molecule has 0 aliphatic carbocycles. The SMILES string of the molecule is c1ccc(-c2nc(-c3ccccc3)nc(-c3ccc(-c4cc(-c5cccnc5)cc(-c5ccccc5-c5nc(-c6ccccc6)nc(-c6ccccc6)n5)c4)cc3)n2)cc1. The lowest BCUT2D eigenvalue weighted by Crippen LogP contribution is -2.01. The van der Waals surface area contributed by atoms with E-state index in [-0.39, 0.29) is 0 Å². The van der Waals surface area contributed by atoms with Gasteiger partial charge in [0.25, 0.3) is 0 Å². The maximum absolute atomic E-state index is 5.09. The van der Waals surface area contributed by atoms with Crippen molar-refractivity contribution < 1.29 is 0 Å². The van der Waals surface area contributed by atoms with E-state index in [1.54, 1.807) is 6.20 Å². The number of hydrogen-bond acceptors (Lipinski definition) is 7. The lowest BCUT2D eigenvalue weighted by Gasteiger charge is -2.15. The van der Waals surface area contributed by atoms with Crippen LogP contribution in [0, 0.1) is 0 Å². The zero-order valence-corrected chi connectivity index (χ0v) is 32.3. The van der Waals surface area contributed by atoms with Crippen molar-refractivity contribution in [2.75, 3.05) is 0 Å². The molecule has 3 aromatic heterocycles. The second-order valence-electron chi connectivity index (χ2n) is 14.2. The Balaban J connectivity index is 1.09. The second-order valence-corrected chi connectivity index (χ2v) is 14.2. The highest BCUT2D eigenvalue weighted by Crippen LogP contribution is 2.38. The van der Waals surface area contributed by atoms with Crippen LogP contribution in [0.25, 0.3) is 102 Å². The maximum Gasteiger partial charge on any atom is 0.164 e. The Kier molecular flexibility index (Phi) is 9.79. The van der Waals surface area contributed by atoms with Gasteiger partial charge >= 0.3 is 0 Å². The van der Waals surface area contributed by atoms with E-state index in [4.69, 9.17) is 29.9 Å². The molecule has 7 nitrogen and oxygen atoms in total. The predicted molar refractivity (Wildman–Crippen MR) is 240 cm³/mol. The molecule has 7 heteroatoms. The summed E-state index contributed by atoms with van der Waals surface area (Å²) in [5, 5.41) is 0. The molecule has 7 aromatic carbocycles. The number of rotatable bonds is 9. The van der Waals surface area contributed by atoms with E-state index in [9.17, 15) is 0 Å². The predicted octanol–water partition coefficient (Wildman–Crippen LogP) is 12.5. The summed E-state index contributed by atoms with van der Waals surface area (Å²) in [6.45, 7) is 0. The second kappa shape index (κ2) is 16.3. The first-order valence-electron chi connectivity index (χ1n) is 19.7. The highest BCUT2D eigenvalue weighted by atomic mass is 15.0. The summed E-state index contributed by atoms with van der Waals surface area (Å²) < 4.78 is 0. The molecule has 0 spiro atoms. The molecule has 3 heterocycles. The van der Waals surface area contributed by atoms with Gasteiger partial charge in [0.2, 0.25) is 0 Å². The molecule has 0 fully saturated rings. The van der Waals surface area contributed by atoms with Crippen LogP contribution in [0.15, 0.2) is 213 Å². The maximum atomic E-state index is 5.09. The van der Waals surface area contributed by atoms with Gasteiger partial charge in [0, 0.05) is 51.3 Å². The van der Waals surface area contributed by atoms with E-state index < -0.39 is 0 Å². The van der Waals surface area contributed by atoms with Gasteiger partial charge in [-0.3, -0.25) is 4.98 Å². The fourth-order valence-corrected chi connectivity index (χ4v) is 7.26. The van der Waals surface area contributed by atoms with Gasteiger partial charge in [-0.2, -0.15) is 0 Å². The molecule has 0 amide bonds. The molecule has 60 heavy (non-hydrogen) atoms. The van der Waals surface area contributed by atoms with Crippen LogP contribution < -0.4 is 0 Å². The lowest BCUT2D eigenvalue weighted by molar-refractivity contribution is 1.07. The molecule has 10 aromatic rings. The first kappa shape index (κ1) is 36.1. The Morgan fingerprint density at radius 2 is 0.550 bits per heavy atom. The summed E-state index contributed by atoms with van der Waals surface area (Å²) in [6.07, 6.45) is 3.70. The molecule has 0 bridgehead atoms. The van der Waals surface area contributed by atoms with Crippen molar-refractivity contribution >= 4 is 0 Å². The average molecular weight is 770 g/mol. The minimum Gasteiger partial charge on any atom is -0.264 e. The van der Waals surface area contributed by atoms with Crippen molar-refractivity contribution in [1.82, 2.24) is 34.9 Å². The zero-order valence-electron chi connectivity index (χ0n) is 32.3. The van der Waals surface area contributed by atoms with Crippen molar-refractivity contribution in [1.29, 1.82) is 0 Å². The van der Waals surface area contributed by atoms with Crippen LogP contribution in [-0.4, -0.2) is 34.9 Å². The van der Waals surface area contributed by atoms with Gasteiger partial charge in [0.05, 0.1) is 0 Å². The quantitative estimate of drug-likeness (QED) is 0.144. The first-order valence-corrected chi connectivity index (χ1v) is 19.7. The summed E-state index contributed by atoms with van der Waals surface area (Å²) in [7, 11) is 0. The van der Waals surface area contributed by atoms with Gasteiger partial charge < -0.3 is 0 Å². The molecule has 0 N–H and O–H groups in total. The van der Waals surface area contributed by atoms with Crippen LogP contribution in [-0.2, 0) is 0 Å². The molecular formula is C53H35N7. The smallest absolute Gasteiger partial charge is 0.164 e. The molecule has 0 saturated heterocycles. The Labute approximate surface area is 347 Å². The van der Waals surface area contributed by atoms with Crippen molar-refractivity contribution in [3.63, 3.8) is 0 Å². The topological polar surface area (TPSA) is 90.2 Å². The largest absolute Gasteiger partial charge is 0.264 e. The normalized spacial score (nSPS) is 11.0. The standard InChI is InChI=1S/C53H35N7/c1-5-16-37(17-6-1)48-55-49(38-18-7-2-8-19-38)57-52(56-48)41-29-27-36(28-30-41)43-32-44(42-24-15-31-54-35-42)34-45(33-43)46-25-13-14-26-47(46)53-59-50(39-20-9-3-10-21-39)58-51(60-53)40-22-11-4-12-23-40/h1-35H. The molecule has 10 rings (SSSR count). The molecular weight excluding hydrogens is 735 g/mol. The van der Waals surface area contributed by atoms with Gasteiger partial charge in [-0.15, -0.1) is 0 Å². The van der Waals surface area contributed by atoms with E-state index in [1.165, 1.54) is 0 Å². The molecule has 0 unspecified atom stereocenters. The monoisotopic (exact) mass is 769 g/mol. The number of benzene rings is 7. The number of aromatic nitrogens is 7. The summed E-state index contributed by atoms with van der Waals surface area (Å²) in [4.78, 5) is 34.4. The van der Waals surface area contributed by atoms with Crippen LogP contribution in [0.3, 0.4) is 0 Å². The van der Waals surface area contributed by atoms with Crippen molar-refractivity contribution in [2.24, 2.45) is 0 Å². The highest BCUT2D eigenvalue weighted by molar-refractivity contribution is 5.87. The summed E-state index contributed by atoms with van der Waals surface area (Å²) >= 11 is 0. The van der Waals surface area contributed by atoms with Crippen LogP contribution in [0.4, 0.5) is 0 Å². The fourth-order valence-electron chi connectivity index (χ4n) is 7.26. The zero-order chi connectivity index (χ0) is 40.1. The first-order chi connectivity index (χ1) is 29.7. The van der Waals surface area contributed by atoms with Gasteiger partial charge in [0.1, 0.15) is 0 Å². The summed E-state index contributed by atoms with van der Waals surface area (Å²) in [5.41, 5.74) is 11.7. The van der Waals surface area contributed by atoms with Gasteiger partial charge in [-0.25, -0.2) is 29.9 Å². The van der Waals surface area contributed by atoms with E-state index in [0.717, 1.165) is 66.8 Å². The third-order valence-electron chi connectivity index (χ3n) is 10.3. The fraction of sp³-hybridized carbons (Fsp3) is 0. The molecule has 0 radical (unpaired) electrons. The van der Waals surface area contributed by atoms with E-state index >= 15 is 0 Å². The van der Waals surface area contributed by atoms with Crippen LogP contribution in [0.5, 0.6) is 0 Å². The van der Waals surface area contributed by atoms with Crippen molar-refractivity contribution in [2.45, 2.75) is 0 Å². The summed E-state index contributed by atoms with van der Waals surface area (Å²) in [6, 6.07) is 67.6. The van der Waals surface area contributed by atoms with Crippen LogP contribution in [0.1, 0.15) is 0 Å². The average Bonchev–Trinajstić information content (AvgIpc) is 3.35. The van der Waals surface area contributed by atoms with E-state index in [1.807, 2.05) is 140 Å². The Bertz CT molecular complexity index is 2940. The van der Waals surface area contributed by atoms with Crippen LogP contribution >= 0.6 is 0 Å². The third kappa shape index (κ3) is 7.58. The Morgan fingerprint density at radius 1 is 0.217 bits per heavy atom. The Morgan fingerprint density at radius 3 is 0.983 bits per heavy atom. The highest BCUT2D eigenvalue weighted by Gasteiger charge is 2.18. The number of nitrogens with zero attached hydrogens (tertiary/aromatic N) is 7. The van der Waals surface area contributed by atoms with Crippen molar-refractivity contribution in [3.05, 3.63) is 213 Å². The number of hydrogen-bond donors (Lipinski definition) is 0. The van der Waals surface area contributed by atoms with E-state index in [0.29, 0.717) is 34.9 Å². The van der Waals surface area contributed by atoms with Gasteiger partial charge in [-0.05, 0) is 52.1 Å². The molecule has 0 atom stereocenters. The van der Waals surface area contributed by atoms with Gasteiger partial charge in [-0.1, -0.05) is 176 Å². The molecule has 0 aliphatic heterocycles. The van der Waals surface area contributed by atoms with Crippen molar-refractivity contribution in [3.8, 4) is 102 Å².